The maximum atomic E-state index is 4.38. The smallest absolute Gasteiger partial charge is 0.0412 e. The van der Waals surface area contributed by atoms with Crippen molar-refractivity contribution in [2.75, 3.05) is 0 Å². The van der Waals surface area contributed by atoms with Crippen LogP contribution < -0.4 is 10.4 Å². The maximum Gasteiger partial charge on any atom is 0.0412 e. The lowest BCUT2D eigenvalue weighted by Crippen LogP contribution is -2.24. The van der Waals surface area contributed by atoms with E-state index >= 15 is 0 Å². The Balaban J connectivity index is 3.07. The van der Waals surface area contributed by atoms with Gasteiger partial charge >= 0.3 is 0 Å². The molecule has 0 spiro atoms. The molecule has 1 nitrogen and oxygen atoms in total. The molecule has 0 aliphatic heterocycles. The summed E-state index contributed by atoms with van der Waals surface area (Å²) in [7, 11) is 0. The molecular formula is C13H17N. The van der Waals surface area contributed by atoms with Crippen LogP contribution in [-0.2, 0) is 6.42 Å². The Labute approximate surface area is 85.5 Å². The van der Waals surface area contributed by atoms with Gasteiger partial charge in [0.25, 0.3) is 0 Å². The van der Waals surface area contributed by atoms with Gasteiger partial charge < -0.3 is 0 Å². The highest BCUT2D eigenvalue weighted by molar-refractivity contribution is 5.35. The third-order valence-electron chi connectivity index (χ3n) is 2.00. The Hall–Kier alpha value is -1.37. The summed E-state index contributed by atoms with van der Waals surface area (Å²) in [6.45, 7) is 12.0. The number of pyridine rings is 1. The summed E-state index contributed by atoms with van der Waals surface area (Å²) in [6, 6.07) is 2.05. The second-order valence-electron chi connectivity index (χ2n) is 3.87. The van der Waals surface area contributed by atoms with Gasteiger partial charge in [0.15, 0.2) is 0 Å². The fourth-order valence-corrected chi connectivity index (χ4v) is 1.36. The number of rotatable bonds is 3. The number of hydrogen-bond donors (Lipinski definition) is 0. The van der Waals surface area contributed by atoms with Gasteiger partial charge in [0.05, 0.1) is 0 Å². The molecule has 0 unspecified atom stereocenters. The predicted octanol–water partition coefficient (Wildman–Crippen LogP) is 1.66. The minimum atomic E-state index is 0.635. The quantitative estimate of drug-likeness (QED) is 0.701. The molecule has 0 aliphatic rings. The molecule has 0 aliphatic carbocycles. The van der Waals surface area contributed by atoms with Crippen molar-refractivity contribution >= 4 is 12.7 Å². The van der Waals surface area contributed by atoms with Crippen LogP contribution in [-0.4, -0.2) is 4.98 Å². The van der Waals surface area contributed by atoms with Gasteiger partial charge in [0.1, 0.15) is 0 Å². The van der Waals surface area contributed by atoms with E-state index in [4.69, 9.17) is 0 Å². The molecule has 0 aromatic carbocycles. The first kappa shape index (κ1) is 10.7. The molecule has 0 saturated heterocycles. The van der Waals surface area contributed by atoms with Gasteiger partial charge in [0.2, 0.25) is 0 Å². The van der Waals surface area contributed by atoms with Gasteiger partial charge in [-0.25, -0.2) is 0 Å². The lowest BCUT2D eigenvalue weighted by molar-refractivity contribution is 0.634. The molecule has 1 heteroatoms. The molecule has 1 aromatic heterocycles. The van der Waals surface area contributed by atoms with Crippen molar-refractivity contribution in [2.24, 2.45) is 5.92 Å². The Kier molecular flexibility index (Phi) is 3.63. The summed E-state index contributed by atoms with van der Waals surface area (Å²) in [5, 5.41) is 2.07. The minimum Gasteiger partial charge on any atom is -0.261 e. The standard InChI is InChI=1S/C13H17N/c1-5-6-12-9-14-13(7-10(2)3)8-11(12)4/h5-6,8-10H,1,4,7H2,2-3H3/b12-6-. The first-order valence-corrected chi connectivity index (χ1v) is 4.90. The van der Waals surface area contributed by atoms with Gasteiger partial charge in [-0.15, -0.1) is 0 Å². The summed E-state index contributed by atoms with van der Waals surface area (Å²) in [5.41, 5.74) is 1.12. The van der Waals surface area contributed by atoms with Crippen LogP contribution in [0, 0.1) is 5.92 Å². The van der Waals surface area contributed by atoms with E-state index in [1.807, 2.05) is 12.3 Å². The van der Waals surface area contributed by atoms with Crippen LogP contribution in [0.2, 0.25) is 0 Å². The van der Waals surface area contributed by atoms with Crippen molar-refractivity contribution in [3.63, 3.8) is 0 Å². The predicted molar refractivity (Wildman–Crippen MR) is 62.2 cm³/mol. The topological polar surface area (TPSA) is 12.9 Å². The Bertz CT molecular complexity index is 415. The van der Waals surface area contributed by atoms with E-state index in [1.54, 1.807) is 6.08 Å². The fourth-order valence-electron chi connectivity index (χ4n) is 1.36. The average molecular weight is 187 g/mol. The Morgan fingerprint density at radius 3 is 2.71 bits per heavy atom. The third-order valence-corrected chi connectivity index (χ3v) is 2.00. The molecule has 0 bridgehead atoms. The van der Waals surface area contributed by atoms with Crippen LogP contribution in [0.1, 0.15) is 19.5 Å². The highest BCUT2D eigenvalue weighted by atomic mass is 14.7. The van der Waals surface area contributed by atoms with Crippen LogP contribution >= 0.6 is 0 Å². The molecule has 1 aromatic rings. The fraction of sp³-hybridized carbons (Fsp3) is 0.308. The summed E-state index contributed by atoms with van der Waals surface area (Å²) in [4.78, 5) is 4.38. The molecule has 14 heavy (non-hydrogen) atoms. The maximum absolute atomic E-state index is 4.38. The molecular weight excluding hydrogens is 170 g/mol. The van der Waals surface area contributed by atoms with Crippen molar-refractivity contribution in [3.8, 4) is 0 Å². The zero-order valence-corrected chi connectivity index (χ0v) is 8.96. The van der Waals surface area contributed by atoms with Crippen LogP contribution in [0.3, 0.4) is 0 Å². The van der Waals surface area contributed by atoms with Crippen molar-refractivity contribution in [1.29, 1.82) is 0 Å². The van der Waals surface area contributed by atoms with Gasteiger partial charge in [0, 0.05) is 11.9 Å². The van der Waals surface area contributed by atoms with Crippen molar-refractivity contribution in [3.05, 3.63) is 41.0 Å². The highest BCUT2D eigenvalue weighted by Gasteiger charge is 1.97. The van der Waals surface area contributed by atoms with E-state index in [1.165, 1.54) is 0 Å². The number of aromatic nitrogens is 1. The number of allylic oxidation sites excluding steroid dienone is 1. The SMILES string of the molecule is C=C/C=c1/cnc(CC(C)C)cc1=C. The average Bonchev–Trinajstić information content (AvgIpc) is 2.09. The Morgan fingerprint density at radius 2 is 2.21 bits per heavy atom. The van der Waals surface area contributed by atoms with Crippen LogP contribution in [0.4, 0.5) is 0 Å². The zero-order chi connectivity index (χ0) is 10.6. The van der Waals surface area contributed by atoms with E-state index in [0.29, 0.717) is 5.92 Å². The molecule has 1 rings (SSSR count). The van der Waals surface area contributed by atoms with Gasteiger partial charge in [-0.1, -0.05) is 39.2 Å². The summed E-state index contributed by atoms with van der Waals surface area (Å²) < 4.78 is 0. The van der Waals surface area contributed by atoms with Gasteiger partial charge in [-0.2, -0.15) is 0 Å². The highest BCUT2D eigenvalue weighted by Crippen LogP contribution is 2.00. The zero-order valence-electron chi connectivity index (χ0n) is 8.96. The second-order valence-corrected chi connectivity index (χ2v) is 3.87. The first-order chi connectivity index (χ1) is 6.63. The molecule has 1 heterocycles. The van der Waals surface area contributed by atoms with Crippen LogP contribution in [0.25, 0.3) is 12.7 Å². The van der Waals surface area contributed by atoms with Gasteiger partial charge in [-0.3, -0.25) is 4.98 Å². The van der Waals surface area contributed by atoms with Crippen molar-refractivity contribution in [2.45, 2.75) is 20.3 Å². The normalized spacial score (nSPS) is 12.1. The van der Waals surface area contributed by atoms with Gasteiger partial charge in [-0.05, 0) is 28.8 Å². The molecule has 0 radical (unpaired) electrons. The number of hydrogen-bond acceptors (Lipinski definition) is 1. The third kappa shape index (κ3) is 2.84. The van der Waals surface area contributed by atoms with E-state index in [9.17, 15) is 0 Å². The Morgan fingerprint density at radius 1 is 1.50 bits per heavy atom. The summed E-state index contributed by atoms with van der Waals surface area (Å²) in [5.74, 6) is 0.635. The summed E-state index contributed by atoms with van der Waals surface area (Å²) >= 11 is 0. The summed E-state index contributed by atoms with van der Waals surface area (Å²) in [6.07, 6.45) is 6.56. The number of nitrogens with zero attached hydrogens (tertiary/aromatic N) is 1. The molecule has 0 N–H and O–H groups in total. The first-order valence-electron chi connectivity index (χ1n) is 4.90. The minimum absolute atomic E-state index is 0.635. The van der Waals surface area contributed by atoms with E-state index in [0.717, 1.165) is 22.6 Å². The van der Waals surface area contributed by atoms with Crippen LogP contribution in [0.5, 0.6) is 0 Å². The molecule has 0 fully saturated rings. The van der Waals surface area contributed by atoms with E-state index in [2.05, 4.69) is 38.1 Å². The van der Waals surface area contributed by atoms with Crippen molar-refractivity contribution < 1.29 is 0 Å². The van der Waals surface area contributed by atoms with Crippen molar-refractivity contribution in [1.82, 2.24) is 4.98 Å². The largest absolute Gasteiger partial charge is 0.261 e. The molecule has 0 saturated carbocycles. The molecule has 74 valence electrons. The second kappa shape index (κ2) is 4.75. The lowest BCUT2D eigenvalue weighted by atomic mass is 10.1. The van der Waals surface area contributed by atoms with Crippen LogP contribution in [0.15, 0.2) is 24.9 Å². The monoisotopic (exact) mass is 187 g/mol. The lowest BCUT2D eigenvalue weighted by Gasteiger charge is -2.03. The molecule has 0 amide bonds. The van der Waals surface area contributed by atoms with E-state index in [-0.39, 0.29) is 0 Å². The molecule has 0 atom stereocenters. The van der Waals surface area contributed by atoms with E-state index < -0.39 is 0 Å².